The molecule has 2 aromatic carbocycles. The summed E-state index contributed by atoms with van der Waals surface area (Å²) in [7, 11) is 1.59. The number of hydrogen-bond acceptors (Lipinski definition) is 2. The molecule has 2 aromatic rings. The molecular weight excluding hydrogens is 289 g/mol. The Bertz CT molecular complexity index is 630. The molecule has 1 atom stereocenters. The van der Waals surface area contributed by atoms with E-state index in [1.807, 2.05) is 32.0 Å². The Kier molecular flexibility index (Phi) is 5.21. The minimum Gasteiger partial charge on any atom is -0.496 e. The van der Waals surface area contributed by atoms with Crippen molar-refractivity contribution in [2.75, 3.05) is 7.11 Å². The molecule has 0 fully saturated rings. The fraction of sp³-hybridized carbons (Fsp3) is 0.294. The average molecular weight is 308 g/mol. The van der Waals surface area contributed by atoms with Gasteiger partial charge in [-0.3, -0.25) is 0 Å². The van der Waals surface area contributed by atoms with Crippen molar-refractivity contribution in [2.45, 2.75) is 26.4 Å². The average Bonchev–Trinajstić information content (AvgIpc) is 2.48. The topological polar surface area (TPSA) is 21.3 Å². The van der Waals surface area contributed by atoms with Gasteiger partial charge in [-0.05, 0) is 49.2 Å². The van der Waals surface area contributed by atoms with Gasteiger partial charge in [0.05, 0.1) is 7.11 Å². The highest BCUT2D eigenvalue weighted by Gasteiger charge is 2.12. The predicted molar refractivity (Wildman–Crippen MR) is 84.4 cm³/mol. The molecule has 2 rings (SSSR count). The Morgan fingerprint density at radius 1 is 1.24 bits per heavy atom. The molecule has 0 aromatic heterocycles. The van der Waals surface area contributed by atoms with Gasteiger partial charge in [0.2, 0.25) is 0 Å². The quantitative estimate of drug-likeness (QED) is 0.868. The SMILES string of the molecule is COc1ccc(F)cc1C(C)NCc1ccc(C)c(Cl)c1. The Hall–Kier alpha value is -1.58. The molecule has 0 saturated heterocycles. The van der Waals surface area contributed by atoms with E-state index in [2.05, 4.69) is 5.32 Å². The third kappa shape index (κ3) is 3.96. The van der Waals surface area contributed by atoms with Crippen LogP contribution in [0.2, 0.25) is 5.02 Å². The van der Waals surface area contributed by atoms with Crippen LogP contribution in [0.25, 0.3) is 0 Å². The molecule has 0 saturated carbocycles. The maximum atomic E-state index is 13.4. The second-order valence-electron chi connectivity index (χ2n) is 5.07. The molecule has 0 spiro atoms. The summed E-state index contributed by atoms with van der Waals surface area (Å²) in [6.07, 6.45) is 0. The molecule has 0 heterocycles. The molecular formula is C17H19ClFNO. The summed E-state index contributed by atoms with van der Waals surface area (Å²) in [4.78, 5) is 0. The van der Waals surface area contributed by atoms with Gasteiger partial charge in [-0.2, -0.15) is 0 Å². The van der Waals surface area contributed by atoms with Crippen LogP contribution in [0.5, 0.6) is 5.75 Å². The Balaban J connectivity index is 2.09. The van der Waals surface area contributed by atoms with Crippen LogP contribution in [0.4, 0.5) is 4.39 Å². The normalized spacial score (nSPS) is 12.2. The van der Waals surface area contributed by atoms with E-state index in [9.17, 15) is 4.39 Å². The highest BCUT2D eigenvalue weighted by atomic mass is 35.5. The van der Waals surface area contributed by atoms with Crippen LogP contribution >= 0.6 is 11.6 Å². The number of benzene rings is 2. The first-order valence-corrected chi connectivity index (χ1v) is 7.21. The van der Waals surface area contributed by atoms with Crippen LogP contribution < -0.4 is 10.1 Å². The number of ether oxygens (including phenoxy) is 1. The molecule has 2 nitrogen and oxygen atoms in total. The van der Waals surface area contributed by atoms with Gasteiger partial charge in [-0.15, -0.1) is 0 Å². The molecule has 0 aliphatic heterocycles. The summed E-state index contributed by atoms with van der Waals surface area (Å²) in [5.74, 6) is 0.413. The van der Waals surface area contributed by atoms with Crippen LogP contribution in [0.15, 0.2) is 36.4 Å². The van der Waals surface area contributed by atoms with Crippen LogP contribution in [0.1, 0.15) is 29.7 Å². The van der Waals surface area contributed by atoms with Crippen LogP contribution in [0.3, 0.4) is 0 Å². The molecule has 1 unspecified atom stereocenters. The van der Waals surface area contributed by atoms with Crippen molar-refractivity contribution in [2.24, 2.45) is 0 Å². The highest BCUT2D eigenvalue weighted by Crippen LogP contribution is 2.26. The highest BCUT2D eigenvalue weighted by molar-refractivity contribution is 6.31. The monoisotopic (exact) mass is 307 g/mol. The fourth-order valence-electron chi connectivity index (χ4n) is 2.17. The van der Waals surface area contributed by atoms with Gasteiger partial charge in [0, 0.05) is 23.2 Å². The summed E-state index contributed by atoms with van der Waals surface area (Å²) in [6.45, 7) is 4.60. The van der Waals surface area contributed by atoms with Crippen LogP contribution in [-0.2, 0) is 6.54 Å². The summed E-state index contributed by atoms with van der Waals surface area (Å²) >= 11 is 6.12. The Morgan fingerprint density at radius 2 is 2.00 bits per heavy atom. The van der Waals surface area contributed by atoms with E-state index >= 15 is 0 Å². The number of rotatable bonds is 5. The lowest BCUT2D eigenvalue weighted by atomic mass is 10.1. The van der Waals surface area contributed by atoms with Crippen molar-refractivity contribution in [1.82, 2.24) is 5.32 Å². The molecule has 0 bridgehead atoms. The van der Waals surface area contributed by atoms with Crippen LogP contribution in [-0.4, -0.2) is 7.11 Å². The van der Waals surface area contributed by atoms with Crippen molar-refractivity contribution < 1.29 is 9.13 Å². The zero-order valence-electron chi connectivity index (χ0n) is 12.4. The summed E-state index contributed by atoms with van der Waals surface area (Å²) in [5.41, 5.74) is 2.95. The molecule has 0 radical (unpaired) electrons. The summed E-state index contributed by atoms with van der Waals surface area (Å²) in [5, 5.41) is 4.11. The van der Waals surface area contributed by atoms with Crippen molar-refractivity contribution in [3.63, 3.8) is 0 Å². The minimum atomic E-state index is -0.266. The van der Waals surface area contributed by atoms with E-state index in [1.54, 1.807) is 13.2 Å². The zero-order chi connectivity index (χ0) is 15.4. The van der Waals surface area contributed by atoms with Crippen molar-refractivity contribution in [3.05, 3.63) is 63.9 Å². The largest absolute Gasteiger partial charge is 0.496 e. The number of nitrogens with one attached hydrogen (secondary N) is 1. The van der Waals surface area contributed by atoms with Gasteiger partial charge in [0.25, 0.3) is 0 Å². The van der Waals surface area contributed by atoms with Gasteiger partial charge in [0.15, 0.2) is 0 Å². The third-order valence-corrected chi connectivity index (χ3v) is 3.91. The lowest BCUT2D eigenvalue weighted by Crippen LogP contribution is -2.19. The molecule has 112 valence electrons. The zero-order valence-corrected chi connectivity index (χ0v) is 13.2. The number of halogens is 2. The lowest BCUT2D eigenvalue weighted by molar-refractivity contribution is 0.399. The van der Waals surface area contributed by atoms with Gasteiger partial charge in [-0.25, -0.2) is 4.39 Å². The van der Waals surface area contributed by atoms with Gasteiger partial charge >= 0.3 is 0 Å². The van der Waals surface area contributed by atoms with E-state index in [0.29, 0.717) is 12.3 Å². The smallest absolute Gasteiger partial charge is 0.123 e. The van der Waals surface area contributed by atoms with Crippen LogP contribution in [0, 0.1) is 12.7 Å². The van der Waals surface area contributed by atoms with E-state index < -0.39 is 0 Å². The van der Waals surface area contributed by atoms with Crippen molar-refractivity contribution >= 4 is 11.6 Å². The second kappa shape index (κ2) is 6.92. The van der Waals surface area contributed by atoms with E-state index in [-0.39, 0.29) is 11.9 Å². The van der Waals surface area contributed by atoms with E-state index in [4.69, 9.17) is 16.3 Å². The first kappa shape index (κ1) is 15.8. The third-order valence-electron chi connectivity index (χ3n) is 3.51. The Morgan fingerprint density at radius 3 is 2.67 bits per heavy atom. The predicted octanol–water partition coefficient (Wildman–Crippen LogP) is 4.65. The number of hydrogen-bond donors (Lipinski definition) is 1. The number of methoxy groups -OCH3 is 1. The fourth-order valence-corrected chi connectivity index (χ4v) is 2.37. The second-order valence-corrected chi connectivity index (χ2v) is 5.48. The number of aryl methyl sites for hydroxylation is 1. The van der Waals surface area contributed by atoms with E-state index in [0.717, 1.165) is 21.7 Å². The minimum absolute atomic E-state index is 0.0317. The molecule has 21 heavy (non-hydrogen) atoms. The van der Waals surface area contributed by atoms with Crippen molar-refractivity contribution in [3.8, 4) is 5.75 Å². The maximum absolute atomic E-state index is 13.4. The van der Waals surface area contributed by atoms with Gasteiger partial charge in [-0.1, -0.05) is 23.7 Å². The standard InChI is InChI=1S/C17H19ClFNO/c1-11-4-5-13(8-16(11)18)10-20-12(2)15-9-14(19)6-7-17(15)21-3/h4-9,12,20H,10H2,1-3H3. The van der Waals surface area contributed by atoms with E-state index in [1.165, 1.54) is 12.1 Å². The molecule has 0 aliphatic rings. The lowest BCUT2D eigenvalue weighted by Gasteiger charge is -2.17. The summed E-state index contributed by atoms with van der Waals surface area (Å²) in [6, 6.07) is 10.5. The maximum Gasteiger partial charge on any atom is 0.123 e. The Labute approximate surface area is 129 Å². The van der Waals surface area contributed by atoms with Crippen molar-refractivity contribution in [1.29, 1.82) is 0 Å². The van der Waals surface area contributed by atoms with Gasteiger partial charge in [0.1, 0.15) is 11.6 Å². The molecule has 0 amide bonds. The first-order chi connectivity index (χ1) is 10.0. The first-order valence-electron chi connectivity index (χ1n) is 6.83. The molecule has 1 N–H and O–H groups in total. The summed E-state index contributed by atoms with van der Waals surface area (Å²) < 4.78 is 18.7. The van der Waals surface area contributed by atoms with Gasteiger partial charge < -0.3 is 10.1 Å². The molecule has 0 aliphatic carbocycles. The molecule has 4 heteroatoms.